The summed E-state index contributed by atoms with van der Waals surface area (Å²) in [5.74, 6) is -0.382. The fourth-order valence-electron chi connectivity index (χ4n) is 5.00. The van der Waals surface area contributed by atoms with Crippen LogP contribution in [0, 0.1) is 12.8 Å². The Hall–Kier alpha value is -2.97. The molecule has 0 radical (unpaired) electrons. The second kappa shape index (κ2) is 8.60. The Morgan fingerprint density at radius 1 is 1.03 bits per heavy atom. The van der Waals surface area contributed by atoms with Crippen molar-refractivity contribution >= 4 is 33.0 Å². The first kappa shape index (κ1) is 23.8. The highest BCUT2D eigenvalue weighted by atomic mass is 35.5. The molecule has 0 saturated carbocycles. The van der Waals surface area contributed by atoms with E-state index in [-0.39, 0.29) is 22.3 Å². The predicted molar refractivity (Wildman–Crippen MR) is 131 cm³/mol. The maximum absolute atomic E-state index is 13.7. The molecule has 0 amide bonds. The molecule has 1 aliphatic heterocycles. The van der Waals surface area contributed by atoms with Gasteiger partial charge < -0.3 is 5.32 Å². The second-order valence-electron chi connectivity index (χ2n) is 8.83. The van der Waals surface area contributed by atoms with Gasteiger partial charge in [-0.1, -0.05) is 48.0 Å². The lowest BCUT2D eigenvalue weighted by Gasteiger charge is -2.38. The lowest BCUT2D eigenvalue weighted by atomic mass is 9.76. The molecule has 2 N–H and O–H groups in total. The minimum absolute atomic E-state index is 0.0746. The van der Waals surface area contributed by atoms with Crippen molar-refractivity contribution in [2.24, 2.45) is 5.92 Å². The number of hydrogen-bond donors (Lipinski definition) is 2. The largest absolute Gasteiger partial charge is 0.416 e. The van der Waals surface area contributed by atoms with Gasteiger partial charge in [-0.15, -0.1) is 0 Å². The molecule has 0 bridgehead atoms. The van der Waals surface area contributed by atoms with Gasteiger partial charge in [0.1, 0.15) is 0 Å². The molecule has 5 rings (SSSR count). The predicted octanol–water partition coefficient (Wildman–Crippen LogP) is 7.29. The van der Waals surface area contributed by atoms with Crippen molar-refractivity contribution in [3.05, 3.63) is 100 Å². The zero-order valence-electron chi connectivity index (χ0n) is 18.6. The van der Waals surface area contributed by atoms with Gasteiger partial charge in [0.25, 0.3) is 10.0 Å². The van der Waals surface area contributed by atoms with Gasteiger partial charge in [0, 0.05) is 16.6 Å². The number of sulfonamides is 1. The van der Waals surface area contributed by atoms with Crippen molar-refractivity contribution in [2.75, 3.05) is 10.0 Å². The first-order chi connectivity index (χ1) is 16.6. The number of hydrogen-bond acceptors (Lipinski definition) is 3. The van der Waals surface area contributed by atoms with Crippen molar-refractivity contribution in [1.29, 1.82) is 0 Å². The summed E-state index contributed by atoms with van der Waals surface area (Å²) < 4.78 is 70.1. The third-order valence-corrected chi connectivity index (χ3v) is 8.53. The lowest BCUT2D eigenvalue weighted by Crippen LogP contribution is -2.31. The van der Waals surface area contributed by atoms with Crippen LogP contribution in [0.3, 0.4) is 0 Å². The Bertz CT molecular complexity index is 1440. The lowest BCUT2D eigenvalue weighted by molar-refractivity contribution is -0.138. The molecule has 0 unspecified atom stereocenters. The summed E-state index contributed by atoms with van der Waals surface area (Å²) in [6.07, 6.45) is 0.0234. The van der Waals surface area contributed by atoms with E-state index in [0.29, 0.717) is 28.4 Å². The average Bonchev–Trinajstić information content (AvgIpc) is 3.31. The van der Waals surface area contributed by atoms with Crippen molar-refractivity contribution < 1.29 is 21.6 Å². The van der Waals surface area contributed by atoms with Crippen LogP contribution >= 0.6 is 11.6 Å². The van der Waals surface area contributed by atoms with E-state index >= 15 is 0 Å². The second-order valence-corrected chi connectivity index (χ2v) is 10.9. The topological polar surface area (TPSA) is 58.2 Å². The summed E-state index contributed by atoms with van der Waals surface area (Å²) in [5.41, 5.74) is 1.90. The van der Waals surface area contributed by atoms with E-state index in [2.05, 4.69) is 10.0 Å². The molecule has 3 aromatic rings. The highest BCUT2D eigenvalue weighted by Crippen LogP contribution is 2.51. The SMILES string of the molecule is Cc1c(Cl)cccc1NS(=O)(=O)c1ccc2c(c1)[C@H]1C=CC[C@H]1[C@@H](c1ccccc1C(F)(F)F)N2. The Morgan fingerprint density at radius 2 is 1.80 bits per heavy atom. The Morgan fingerprint density at radius 3 is 2.57 bits per heavy atom. The molecular formula is C26H22ClF3N2O2S. The molecule has 35 heavy (non-hydrogen) atoms. The fourth-order valence-corrected chi connectivity index (χ4v) is 6.33. The Kier molecular flexibility index (Phi) is 5.84. The summed E-state index contributed by atoms with van der Waals surface area (Å²) in [5, 5.41) is 3.72. The first-order valence-electron chi connectivity index (χ1n) is 11.1. The smallest absolute Gasteiger partial charge is 0.378 e. The molecule has 1 aliphatic carbocycles. The van der Waals surface area contributed by atoms with E-state index in [0.717, 1.165) is 11.6 Å². The number of halogens is 4. The van der Waals surface area contributed by atoms with Gasteiger partial charge in [-0.2, -0.15) is 13.2 Å². The molecule has 0 aromatic heterocycles. The summed E-state index contributed by atoms with van der Waals surface area (Å²) in [6, 6.07) is 14.7. The van der Waals surface area contributed by atoms with Crippen LogP contribution in [0.5, 0.6) is 0 Å². The molecule has 2 aliphatic rings. The first-order valence-corrected chi connectivity index (χ1v) is 12.9. The molecular weight excluding hydrogens is 497 g/mol. The summed E-state index contributed by atoms with van der Waals surface area (Å²) in [4.78, 5) is 0.0746. The quantitative estimate of drug-likeness (QED) is 0.356. The van der Waals surface area contributed by atoms with Gasteiger partial charge in [0.15, 0.2) is 0 Å². The summed E-state index contributed by atoms with van der Waals surface area (Å²) in [7, 11) is -3.92. The van der Waals surface area contributed by atoms with Crippen molar-refractivity contribution in [1.82, 2.24) is 0 Å². The third-order valence-electron chi connectivity index (χ3n) is 6.76. The van der Waals surface area contributed by atoms with Crippen molar-refractivity contribution in [2.45, 2.75) is 36.4 Å². The maximum Gasteiger partial charge on any atom is 0.416 e. The van der Waals surface area contributed by atoms with Crippen LogP contribution in [-0.2, 0) is 16.2 Å². The Labute approximate surface area is 206 Å². The van der Waals surface area contributed by atoms with E-state index in [1.165, 1.54) is 18.2 Å². The minimum Gasteiger partial charge on any atom is -0.378 e. The van der Waals surface area contributed by atoms with Crippen LogP contribution in [0.1, 0.15) is 40.6 Å². The van der Waals surface area contributed by atoms with Crippen molar-refractivity contribution in [3.63, 3.8) is 0 Å². The number of benzene rings is 3. The van der Waals surface area contributed by atoms with Gasteiger partial charge in [-0.25, -0.2) is 8.42 Å². The Balaban J connectivity index is 1.52. The number of alkyl halides is 3. The van der Waals surface area contributed by atoms with Gasteiger partial charge in [0.05, 0.1) is 22.2 Å². The van der Waals surface area contributed by atoms with Crippen LogP contribution in [0.4, 0.5) is 24.5 Å². The molecule has 3 atom stereocenters. The molecule has 0 fully saturated rings. The number of anilines is 2. The fraction of sp³-hybridized carbons (Fsp3) is 0.231. The van der Waals surface area contributed by atoms with Crippen LogP contribution in [0.15, 0.2) is 77.7 Å². The van der Waals surface area contributed by atoms with E-state index < -0.39 is 27.8 Å². The zero-order chi connectivity index (χ0) is 25.0. The summed E-state index contributed by atoms with van der Waals surface area (Å²) >= 11 is 6.13. The minimum atomic E-state index is -4.47. The normalized spacial score (nSPS) is 21.2. The zero-order valence-corrected chi connectivity index (χ0v) is 20.2. The van der Waals surface area contributed by atoms with Crippen LogP contribution < -0.4 is 10.0 Å². The van der Waals surface area contributed by atoms with E-state index in [9.17, 15) is 21.6 Å². The standard InChI is InChI=1S/C26H22ClF3N2O2S/c1-15-22(27)10-5-11-23(15)32-35(33,34)16-12-13-24-20(14-16)17-7-4-8-18(17)25(31-24)19-6-2-3-9-21(19)26(28,29)30/h2-7,9-14,17-18,25,31-32H,8H2,1H3/t17-,18+,25-/m0/s1. The third kappa shape index (κ3) is 4.29. The highest BCUT2D eigenvalue weighted by molar-refractivity contribution is 7.92. The number of nitrogens with one attached hydrogen (secondary N) is 2. The molecule has 0 saturated heterocycles. The van der Waals surface area contributed by atoms with Gasteiger partial charge in [0.2, 0.25) is 0 Å². The van der Waals surface area contributed by atoms with Crippen LogP contribution in [-0.4, -0.2) is 8.42 Å². The van der Waals surface area contributed by atoms with E-state index in [1.54, 1.807) is 43.3 Å². The molecule has 0 spiro atoms. The van der Waals surface area contributed by atoms with Gasteiger partial charge in [-0.3, -0.25) is 4.72 Å². The van der Waals surface area contributed by atoms with E-state index in [1.807, 2.05) is 12.2 Å². The molecule has 3 aromatic carbocycles. The van der Waals surface area contributed by atoms with Crippen molar-refractivity contribution in [3.8, 4) is 0 Å². The summed E-state index contributed by atoms with van der Waals surface area (Å²) in [6.45, 7) is 1.73. The molecule has 182 valence electrons. The molecule has 4 nitrogen and oxygen atoms in total. The maximum atomic E-state index is 13.7. The number of fused-ring (bicyclic) bond motifs is 3. The molecule has 1 heterocycles. The average molecular weight is 519 g/mol. The van der Waals surface area contributed by atoms with Crippen LogP contribution in [0.2, 0.25) is 5.02 Å². The van der Waals surface area contributed by atoms with Gasteiger partial charge in [-0.05, 0) is 72.4 Å². The van der Waals surface area contributed by atoms with E-state index in [4.69, 9.17) is 11.6 Å². The highest BCUT2D eigenvalue weighted by Gasteiger charge is 2.42. The number of rotatable bonds is 4. The van der Waals surface area contributed by atoms with Gasteiger partial charge >= 0.3 is 6.18 Å². The monoisotopic (exact) mass is 518 g/mol. The van der Waals surface area contributed by atoms with Crippen LogP contribution in [0.25, 0.3) is 0 Å². The number of allylic oxidation sites excluding steroid dienone is 2. The molecule has 9 heteroatoms.